The second-order valence-corrected chi connectivity index (χ2v) is 14.5. The molecule has 1 atom stereocenters. The van der Waals surface area contributed by atoms with Crippen molar-refractivity contribution < 1.29 is 18.5 Å². The molecule has 2 aromatic heterocycles. The minimum Gasteiger partial charge on any atom is -0.491 e. The fourth-order valence-corrected chi connectivity index (χ4v) is 7.30. The molecule has 1 amide bonds. The lowest BCUT2D eigenvalue weighted by Gasteiger charge is -2.27. The number of aromatic nitrogens is 2. The molecule has 5 aromatic rings. The molecule has 3 aromatic carbocycles. The lowest BCUT2D eigenvalue weighted by Crippen LogP contribution is -2.29. The topological polar surface area (TPSA) is 85.2 Å². The summed E-state index contributed by atoms with van der Waals surface area (Å²) in [5.74, 6) is 1.14. The van der Waals surface area contributed by atoms with E-state index in [9.17, 15) is 9.00 Å². The van der Waals surface area contributed by atoms with Crippen LogP contribution in [0.2, 0.25) is 0 Å². The van der Waals surface area contributed by atoms with Crippen molar-refractivity contribution in [3.05, 3.63) is 108 Å². The predicted octanol–water partition coefficient (Wildman–Crippen LogP) is 8.56. The van der Waals surface area contributed by atoms with Crippen molar-refractivity contribution in [2.75, 3.05) is 43.1 Å². The van der Waals surface area contributed by atoms with Crippen LogP contribution < -0.4 is 15.0 Å². The van der Waals surface area contributed by atoms with E-state index in [1.807, 2.05) is 66.1 Å². The highest BCUT2D eigenvalue weighted by Gasteiger charge is 2.21. The molecule has 1 N–H and O–H groups in total. The summed E-state index contributed by atoms with van der Waals surface area (Å²) in [5.41, 5.74) is 7.30. The summed E-state index contributed by atoms with van der Waals surface area (Å²) in [6.45, 7) is 12.0. The van der Waals surface area contributed by atoms with E-state index in [1.54, 1.807) is 12.1 Å². The number of ether oxygens (including phenoxy) is 2. The second-order valence-electron chi connectivity index (χ2n) is 13.1. The second kappa shape index (κ2) is 16.3. The maximum atomic E-state index is 13.7. The molecule has 0 aliphatic carbocycles. The van der Waals surface area contributed by atoms with E-state index in [2.05, 4.69) is 66.3 Å². The lowest BCUT2D eigenvalue weighted by molar-refractivity contribution is -0.112. The zero-order chi connectivity index (χ0) is 35.0. The van der Waals surface area contributed by atoms with Gasteiger partial charge in [0.2, 0.25) is 0 Å². The lowest BCUT2D eigenvalue weighted by atomic mass is 10.00. The van der Waals surface area contributed by atoms with Gasteiger partial charge in [-0.05, 0) is 109 Å². The molecule has 0 radical (unpaired) electrons. The molecule has 3 heterocycles. The third-order valence-corrected chi connectivity index (χ3v) is 10.1. The van der Waals surface area contributed by atoms with Crippen molar-refractivity contribution in [1.29, 1.82) is 0 Å². The van der Waals surface area contributed by atoms with Crippen LogP contribution in [0.4, 0.5) is 11.4 Å². The van der Waals surface area contributed by atoms with Gasteiger partial charge in [0.1, 0.15) is 33.8 Å². The smallest absolute Gasteiger partial charge is 0.251 e. The third kappa shape index (κ3) is 8.52. The number of carbonyl (C=O) groups is 1. The Kier molecular flexibility index (Phi) is 11.5. The SMILES string of the molecule is CCCCOCCOc1ccc(-c2ccc3c(c2)C=C(C(=O)Nc2ccc(S(=O)c4cccc5nc(C)cn45)cc2)CCN3CC(C)C)cc1. The van der Waals surface area contributed by atoms with E-state index in [0.29, 0.717) is 41.2 Å². The Morgan fingerprint density at radius 1 is 0.960 bits per heavy atom. The van der Waals surface area contributed by atoms with Gasteiger partial charge in [0.05, 0.1) is 12.3 Å². The van der Waals surface area contributed by atoms with Crippen LogP contribution in [0, 0.1) is 12.8 Å². The van der Waals surface area contributed by atoms with Crippen molar-refractivity contribution in [2.24, 2.45) is 5.92 Å². The number of benzene rings is 3. The maximum Gasteiger partial charge on any atom is 0.251 e. The van der Waals surface area contributed by atoms with Crippen molar-refractivity contribution in [3.8, 4) is 16.9 Å². The molecule has 6 rings (SSSR count). The van der Waals surface area contributed by atoms with Crippen LogP contribution in [0.25, 0.3) is 22.9 Å². The Bertz CT molecular complexity index is 1980. The van der Waals surface area contributed by atoms with Gasteiger partial charge in [0, 0.05) is 47.7 Å². The Labute approximate surface area is 297 Å². The molecule has 260 valence electrons. The van der Waals surface area contributed by atoms with E-state index in [-0.39, 0.29) is 5.91 Å². The monoisotopic (exact) mass is 690 g/mol. The number of amides is 1. The van der Waals surface area contributed by atoms with Gasteiger partial charge in [-0.2, -0.15) is 0 Å². The summed E-state index contributed by atoms with van der Waals surface area (Å²) in [5, 5.41) is 3.74. The average Bonchev–Trinajstić information content (AvgIpc) is 3.42. The Morgan fingerprint density at radius 3 is 2.50 bits per heavy atom. The van der Waals surface area contributed by atoms with Crippen LogP contribution in [0.5, 0.6) is 5.75 Å². The van der Waals surface area contributed by atoms with E-state index in [1.165, 1.54) is 0 Å². The number of nitrogens with one attached hydrogen (secondary N) is 1. The number of hydrogen-bond donors (Lipinski definition) is 1. The molecule has 0 fully saturated rings. The molecule has 50 heavy (non-hydrogen) atoms. The van der Waals surface area contributed by atoms with Gasteiger partial charge in [-0.3, -0.25) is 9.20 Å². The molecular formula is C41H46N4O4S. The first-order chi connectivity index (χ1) is 24.3. The van der Waals surface area contributed by atoms with E-state index >= 15 is 0 Å². The standard InChI is InChI=1S/C41H46N4O4S/c1-5-6-22-48-23-24-49-36-15-10-31(11-16-36)32-12-19-38-34(25-32)26-33(20-21-44(38)27-29(2)3)41(46)43-35-13-17-37(18-14-35)50(47)40-9-7-8-39-42-30(4)28-45(39)40/h7-19,25-26,28-29H,5-6,20-24,27H2,1-4H3,(H,43,46). The average molecular weight is 691 g/mol. The summed E-state index contributed by atoms with van der Waals surface area (Å²) < 4.78 is 26.8. The minimum atomic E-state index is -1.41. The van der Waals surface area contributed by atoms with E-state index in [0.717, 1.165) is 77.6 Å². The molecule has 9 heteroatoms. The van der Waals surface area contributed by atoms with Crippen molar-refractivity contribution >= 4 is 39.8 Å². The fourth-order valence-electron chi connectivity index (χ4n) is 6.15. The highest BCUT2D eigenvalue weighted by Crippen LogP contribution is 2.34. The van der Waals surface area contributed by atoms with Gasteiger partial charge in [-0.15, -0.1) is 0 Å². The van der Waals surface area contributed by atoms with Crippen molar-refractivity contribution in [2.45, 2.75) is 56.9 Å². The highest BCUT2D eigenvalue weighted by atomic mass is 32.2. The zero-order valence-corrected chi connectivity index (χ0v) is 30.2. The first-order valence-electron chi connectivity index (χ1n) is 17.5. The molecular weight excluding hydrogens is 645 g/mol. The molecule has 1 aliphatic rings. The van der Waals surface area contributed by atoms with Crippen LogP contribution in [-0.2, 0) is 20.3 Å². The number of hydrogen-bond acceptors (Lipinski definition) is 6. The van der Waals surface area contributed by atoms with Crippen LogP contribution in [0.1, 0.15) is 51.3 Å². The largest absolute Gasteiger partial charge is 0.491 e. The number of nitrogens with zero attached hydrogens (tertiary/aromatic N) is 3. The molecule has 0 saturated carbocycles. The minimum absolute atomic E-state index is 0.138. The van der Waals surface area contributed by atoms with Gasteiger partial charge in [0.15, 0.2) is 0 Å². The number of imidazole rings is 1. The summed E-state index contributed by atoms with van der Waals surface area (Å²) in [4.78, 5) is 21.2. The fraction of sp³-hybridized carbons (Fsp3) is 0.317. The zero-order valence-electron chi connectivity index (χ0n) is 29.4. The molecule has 0 bridgehead atoms. The molecule has 1 unspecified atom stereocenters. The van der Waals surface area contributed by atoms with Crippen LogP contribution in [-0.4, -0.2) is 52.4 Å². The summed E-state index contributed by atoms with van der Waals surface area (Å²) in [6, 6.07) is 27.5. The maximum absolute atomic E-state index is 13.7. The predicted molar refractivity (Wildman–Crippen MR) is 202 cm³/mol. The number of fused-ring (bicyclic) bond motifs is 2. The normalized spacial score (nSPS) is 13.5. The number of aryl methyl sites for hydroxylation is 1. The Morgan fingerprint density at radius 2 is 1.74 bits per heavy atom. The van der Waals surface area contributed by atoms with Gasteiger partial charge in [-0.25, -0.2) is 9.19 Å². The molecule has 0 saturated heterocycles. The van der Waals surface area contributed by atoms with Crippen LogP contribution in [0.3, 0.4) is 0 Å². The Hall–Kier alpha value is -4.73. The quantitative estimate of drug-likeness (QED) is 0.118. The van der Waals surface area contributed by atoms with Crippen molar-refractivity contribution in [3.63, 3.8) is 0 Å². The van der Waals surface area contributed by atoms with E-state index in [4.69, 9.17) is 9.47 Å². The molecule has 1 aliphatic heterocycles. The third-order valence-electron chi connectivity index (χ3n) is 8.64. The van der Waals surface area contributed by atoms with Gasteiger partial charge >= 0.3 is 0 Å². The van der Waals surface area contributed by atoms with Gasteiger partial charge in [-0.1, -0.05) is 51.5 Å². The summed E-state index contributed by atoms with van der Waals surface area (Å²) in [7, 11) is -1.41. The van der Waals surface area contributed by atoms with Crippen molar-refractivity contribution in [1.82, 2.24) is 9.38 Å². The number of carbonyl (C=O) groups excluding carboxylic acids is 1. The van der Waals surface area contributed by atoms with E-state index < -0.39 is 10.8 Å². The summed E-state index contributed by atoms with van der Waals surface area (Å²) >= 11 is 0. The molecule has 0 spiro atoms. The number of unbranched alkanes of at least 4 members (excludes halogenated alkanes) is 1. The summed E-state index contributed by atoms with van der Waals surface area (Å²) in [6.07, 6.45) is 6.72. The van der Waals surface area contributed by atoms with Gasteiger partial charge < -0.3 is 19.7 Å². The number of pyridine rings is 1. The van der Waals surface area contributed by atoms with Crippen LogP contribution >= 0.6 is 0 Å². The number of rotatable bonds is 14. The first kappa shape index (κ1) is 35.1. The van der Waals surface area contributed by atoms with Crippen LogP contribution in [0.15, 0.2) is 107 Å². The Balaban J connectivity index is 1.17. The van der Waals surface area contributed by atoms with Gasteiger partial charge in [0.25, 0.3) is 5.91 Å². The highest BCUT2D eigenvalue weighted by molar-refractivity contribution is 7.85. The number of anilines is 2. The molecule has 8 nitrogen and oxygen atoms in total. The first-order valence-corrected chi connectivity index (χ1v) is 18.6.